The van der Waals surface area contributed by atoms with Crippen molar-refractivity contribution in [1.82, 2.24) is 14.9 Å². The number of hydrogen-bond acceptors (Lipinski definition) is 6. The van der Waals surface area contributed by atoms with Crippen LogP contribution in [0.3, 0.4) is 0 Å². The molecule has 0 unspecified atom stereocenters. The molecule has 0 saturated carbocycles. The van der Waals surface area contributed by atoms with Gasteiger partial charge < -0.3 is 19.3 Å². The minimum Gasteiger partial charge on any atom is -0.493 e. The second-order valence-corrected chi connectivity index (χ2v) is 7.25. The Morgan fingerprint density at radius 3 is 2.14 bits per heavy atom. The monoisotopic (exact) mass is 378 g/mol. The highest BCUT2D eigenvalue weighted by molar-refractivity contribution is 5.93. The SMILES string of the molecule is COc1cc2nc(-c3ccc(C)cc3)nc(N3CCN(C)CC3)c2cc1OC. The minimum atomic E-state index is 0.674. The van der Waals surface area contributed by atoms with Gasteiger partial charge in [-0.3, -0.25) is 0 Å². The smallest absolute Gasteiger partial charge is 0.162 e. The molecule has 6 nitrogen and oxygen atoms in total. The van der Waals surface area contributed by atoms with Crippen LogP contribution in [0.4, 0.5) is 5.82 Å². The van der Waals surface area contributed by atoms with Crippen molar-refractivity contribution in [3.8, 4) is 22.9 Å². The molecule has 0 aliphatic carbocycles. The summed E-state index contributed by atoms with van der Waals surface area (Å²) in [5.74, 6) is 3.05. The van der Waals surface area contributed by atoms with Gasteiger partial charge in [0.25, 0.3) is 0 Å². The van der Waals surface area contributed by atoms with Gasteiger partial charge in [-0.2, -0.15) is 0 Å². The Bertz CT molecular complexity index is 980. The first kappa shape index (κ1) is 18.5. The molecule has 6 heteroatoms. The fourth-order valence-electron chi connectivity index (χ4n) is 3.53. The molecule has 0 atom stereocenters. The van der Waals surface area contributed by atoms with E-state index in [2.05, 4.69) is 48.0 Å². The molecule has 0 N–H and O–H groups in total. The molecule has 1 fully saturated rings. The highest BCUT2D eigenvalue weighted by atomic mass is 16.5. The van der Waals surface area contributed by atoms with Crippen molar-refractivity contribution in [3.63, 3.8) is 0 Å². The molecule has 1 aliphatic rings. The maximum Gasteiger partial charge on any atom is 0.162 e. The number of methoxy groups -OCH3 is 2. The number of anilines is 1. The molecule has 0 bridgehead atoms. The molecule has 4 rings (SSSR count). The van der Waals surface area contributed by atoms with Crippen molar-refractivity contribution in [2.24, 2.45) is 0 Å². The number of fused-ring (bicyclic) bond motifs is 1. The van der Waals surface area contributed by atoms with Gasteiger partial charge in [0.2, 0.25) is 0 Å². The molecule has 1 aromatic heterocycles. The highest BCUT2D eigenvalue weighted by Crippen LogP contribution is 2.36. The molecular formula is C22H26N4O2. The van der Waals surface area contributed by atoms with Crippen LogP contribution < -0.4 is 14.4 Å². The van der Waals surface area contributed by atoms with Crippen LogP contribution in [0.1, 0.15) is 5.56 Å². The summed E-state index contributed by atoms with van der Waals surface area (Å²) in [5, 5.41) is 0.984. The van der Waals surface area contributed by atoms with Crippen molar-refractivity contribution in [2.45, 2.75) is 6.92 Å². The number of nitrogens with zero attached hydrogens (tertiary/aromatic N) is 4. The number of ether oxygens (including phenoxy) is 2. The standard InChI is InChI=1S/C22H26N4O2/c1-15-5-7-16(8-6-15)21-23-18-14-20(28-4)19(27-3)13-17(18)22(24-21)26-11-9-25(2)10-12-26/h5-8,13-14H,9-12H2,1-4H3. The molecular weight excluding hydrogens is 352 g/mol. The Balaban J connectivity index is 1.90. The van der Waals surface area contributed by atoms with E-state index >= 15 is 0 Å². The summed E-state index contributed by atoms with van der Waals surface area (Å²) in [6.45, 7) is 5.98. The van der Waals surface area contributed by atoms with Crippen LogP contribution in [0.15, 0.2) is 36.4 Å². The van der Waals surface area contributed by atoms with Gasteiger partial charge in [-0.25, -0.2) is 9.97 Å². The fraction of sp³-hybridized carbons (Fsp3) is 0.364. The van der Waals surface area contributed by atoms with Gasteiger partial charge in [0.15, 0.2) is 17.3 Å². The second kappa shape index (κ2) is 7.64. The van der Waals surface area contributed by atoms with Crippen LogP contribution in [-0.2, 0) is 0 Å². The van der Waals surface area contributed by atoms with E-state index in [0.717, 1.165) is 54.3 Å². The van der Waals surface area contributed by atoms with E-state index in [-0.39, 0.29) is 0 Å². The number of piperazine rings is 1. The zero-order valence-corrected chi connectivity index (χ0v) is 16.9. The van der Waals surface area contributed by atoms with E-state index in [9.17, 15) is 0 Å². The number of aromatic nitrogens is 2. The van der Waals surface area contributed by atoms with Crippen LogP contribution >= 0.6 is 0 Å². The molecule has 0 spiro atoms. The summed E-state index contributed by atoms with van der Waals surface area (Å²) < 4.78 is 11.0. The molecule has 28 heavy (non-hydrogen) atoms. The third-order valence-corrected chi connectivity index (χ3v) is 5.29. The van der Waals surface area contributed by atoms with E-state index in [1.54, 1.807) is 14.2 Å². The van der Waals surface area contributed by atoms with E-state index in [4.69, 9.17) is 19.4 Å². The van der Waals surface area contributed by atoms with Gasteiger partial charge in [0.05, 0.1) is 19.7 Å². The number of likely N-dealkylation sites (N-methyl/N-ethyl adjacent to an activating group) is 1. The first-order chi connectivity index (χ1) is 13.6. The molecule has 2 aromatic carbocycles. The number of rotatable bonds is 4. The van der Waals surface area contributed by atoms with Crippen molar-refractivity contribution < 1.29 is 9.47 Å². The largest absolute Gasteiger partial charge is 0.493 e. The second-order valence-electron chi connectivity index (χ2n) is 7.25. The summed E-state index contributed by atoms with van der Waals surface area (Å²) in [4.78, 5) is 14.5. The Kier molecular flexibility index (Phi) is 5.05. The molecule has 1 saturated heterocycles. The van der Waals surface area contributed by atoms with Crippen LogP contribution in [0.5, 0.6) is 11.5 Å². The normalized spacial score (nSPS) is 15.1. The van der Waals surface area contributed by atoms with Gasteiger partial charge in [-0.1, -0.05) is 29.8 Å². The van der Waals surface area contributed by atoms with E-state index in [0.29, 0.717) is 11.5 Å². The lowest BCUT2D eigenvalue weighted by molar-refractivity contribution is 0.312. The van der Waals surface area contributed by atoms with E-state index < -0.39 is 0 Å². The number of hydrogen-bond donors (Lipinski definition) is 0. The first-order valence-electron chi connectivity index (χ1n) is 9.53. The van der Waals surface area contributed by atoms with Crippen molar-refractivity contribution in [3.05, 3.63) is 42.0 Å². The average Bonchev–Trinajstić information content (AvgIpc) is 2.73. The minimum absolute atomic E-state index is 0.674. The van der Waals surface area contributed by atoms with Crippen LogP contribution in [-0.4, -0.2) is 62.3 Å². The number of benzene rings is 2. The van der Waals surface area contributed by atoms with Crippen LogP contribution in [0.2, 0.25) is 0 Å². The summed E-state index contributed by atoms with van der Waals surface area (Å²) in [6, 6.07) is 12.3. The van der Waals surface area contributed by atoms with Gasteiger partial charge in [0.1, 0.15) is 5.82 Å². The maximum atomic E-state index is 5.52. The summed E-state index contributed by atoms with van der Waals surface area (Å²) in [6.07, 6.45) is 0. The van der Waals surface area contributed by atoms with Crippen LogP contribution in [0.25, 0.3) is 22.3 Å². The maximum absolute atomic E-state index is 5.52. The Labute approximate surface area is 165 Å². The zero-order chi connectivity index (χ0) is 19.7. The third kappa shape index (κ3) is 3.47. The molecule has 3 aromatic rings. The fourth-order valence-corrected chi connectivity index (χ4v) is 3.53. The molecule has 0 radical (unpaired) electrons. The van der Waals surface area contributed by atoms with Crippen molar-refractivity contribution in [1.29, 1.82) is 0 Å². The van der Waals surface area contributed by atoms with E-state index in [1.807, 2.05) is 12.1 Å². The molecule has 2 heterocycles. The summed E-state index contributed by atoms with van der Waals surface area (Å²) >= 11 is 0. The van der Waals surface area contributed by atoms with Gasteiger partial charge in [-0.05, 0) is 20.0 Å². The Hall–Kier alpha value is -2.86. The topological polar surface area (TPSA) is 50.7 Å². The van der Waals surface area contributed by atoms with E-state index in [1.165, 1.54) is 5.56 Å². The van der Waals surface area contributed by atoms with Gasteiger partial charge in [-0.15, -0.1) is 0 Å². The predicted octanol–water partition coefficient (Wildman–Crippen LogP) is 3.37. The lowest BCUT2D eigenvalue weighted by atomic mass is 10.1. The Morgan fingerprint density at radius 1 is 0.857 bits per heavy atom. The van der Waals surface area contributed by atoms with Crippen molar-refractivity contribution in [2.75, 3.05) is 52.3 Å². The lowest BCUT2D eigenvalue weighted by Crippen LogP contribution is -2.45. The quantitative estimate of drug-likeness (QED) is 0.694. The molecule has 0 amide bonds. The van der Waals surface area contributed by atoms with Gasteiger partial charge >= 0.3 is 0 Å². The zero-order valence-electron chi connectivity index (χ0n) is 16.9. The lowest BCUT2D eigenvalue weighted by Gasteiger charge is -2.34. The highest BCUT2D eigenvalue weighted by Gasteiger charge is 2.21. The third-order valence-electron chi connectivity index (χ3n) is 5.29. The molecule has 1 aliphatic heterocycles. The average molecular weight is 378 g/mol. The first-order valence-corrected chi connectivity index (χ1v) is 9.53. The molecule has 146 valence electrons. The predicted molar refractivity (Wildman–Crippen MR) is 113 cm³/mol. The van der Waals surface area contributed by atoms with Crippen LogP contribution in [0, 0.1) is 6.92 Å². The van der Waals surface area contributed by atoms with Crippen molar-refractivity contribution >= 4 is 16.7 Å². The number of aryl methyl sites for hydroxylation is 1. The summed E-state index contributed by atoms with van der Waals surface area (Å²) in [5.41, 5.74) is 3.09. The van der Waals surface area contributed by atoms with Gasteiger partial charge in [0, 0.05) is 43.2 Å². The summed E-state index contributed by atoms with van der Waals surface area (Å²) in [7, 11) is 5.45. The Morgan fingerprint density at radius 2 is 1.50 bits per heavy atom.